The van der Waals surface area contributed by atoms with Gasteiger partial charge in [-0.2, -0.15) is 0 Å². The quantitative estimate of drug-likeness (QED) is 0.601. The first-order valence-electron chi connectivity index (χ1n) is 7.80. The zero-order valence-corrected chi connectivity index (χ0v) is 17.1. The maximum absolute atomic E-state index is 11.9. The van der Waals surface area contributed by atoms with Crippen LogP contribution in [0.4, 0.5) is 10.8 Å². The summed E-state index contributed by atoms with van der Waals surface area (Å²) in [4.78, 5) is 27.8. The van der Waals surface area contributed by atoms with Crippen molar-refractivity contribution in [1.82, 2.24) is 10.3 Å². The number of carbonyl (C=O) groups is 2. The summed E-state index contributed by atoms with van der Waals surface area (Å²) in [7, 11) is 0. The summed E-state index contributed by atoms with van der Waals surface area (Å²) in [6.07, 6.45) is 0.953. The van der Waals surface area contributed by atoms with Gasteiger partial charge in [0.15, 0.2) is 5.13 Å². The van der Waals surface area contributed by atoms with Crippen molar-refractivity contribution in [2.24, 2.45) is 5.92 Å². The summed E-state index contributed by atoms with van der Waals surface area (Å²) in [5, 5.41) is 7.91. The van der Waals surface area contributed by atoms with Crippen LogP contribution in [0.15, 0.2) is 29.6 Å². The van der Waals surface area contributed by atoms with E-state index in [1.807, 2.05) is 38.1 Å². The predicted octanol–water partition coefficient (Wildman–Crippen LogP) is 3.06. The molecule has 0 aliphatic carbocycles. The number of rotatable bonds is 7. The molecule has 0 atom stereocenters. The number of amides is 2. The Morgan fingerprint density at radius 1 is 1.19 bits per heavy atom. The van der Waals surface area contributed by atoms with Crippen molar-refractivity contribution in [2.45, 2.75) is 26.7 Å². The fourth-order valence-electron chi connectivity index (χ4n) is 1.95. The van der Waals surface area contributed by atoms with Crippen molar-refractivity contribution < 1.29 is 9.59 Å². The van der Waals surface area contributed by atoms with Gasteiger partial charge in [0.05, 0.1) is 12.1 Å². The summed E-state index contributed by atoms with van der Waals surface area (Å²) in [6.45, 7) is 4.20. The second-order valence-corrected chi connectivity index (χ2v) is 6.66. The monoisotopic (exact) mass is 418 g/mol. The second-order valence-electron chi connectivity index (χ2n) is 5.81. The molecule has 0 unspecified atom stereocenters. The Morgan fingerprint density at radius 3 is 2.46 bits per heavy atom. The first kappa shape index (κ1) is 24.2. The van der Waals surface area contributed by atoms with Crippen molar-refractivity contribution in [3.63, 3.8) is 0 Å². The molecule has 6 nitrogen and oxygen atoms in total. The van der Waals surface area contributed by atoms with Crippen molar-refractivity contribution in [3.05, 3.63) is 40.9 Å². The van der Waals surface area contributed by atoms with E-state index < -0.39 is 0 Å². The van der Waals surface area contributed by atoms with E-state index in [-0.39, 0.29) is 49.0 Å². The number of anilines is 2. The van der Waals surface area contributed by atoms with Crippen molar-refractivity contribution in [2.75, 3.05) is 17.6 Å². The topological polar surface area (TPSA) is 97.1 Å². The van der Waals surface area contributed by atoms with Crippen LogP contribution in [0.25, 0.3) is 0 Å². The Bertz CT molecular complexity index is 705. The molecule has 2 aromatic rings. The number of thiazole rings is 1. The zero-order chi connectivity index (χ0) is 17.5. The Kier molecular flexibility index (Phi) is 10.9. The van der Waals surface area contributed by atoms with E-state index in [2.05, 4.69) is 15.6 Å². The third-order valence-electron chi connectivity index (χ3n) is 3.36. The molecule has 9 heteroatoms. The first-order chi connectivity index (χ1) is 11.4. The lowest BCUT2D eigenvalue weighted by Gasteiger charge is -2.05. The number of hydrogen-bond donors (Lipinski definition) is 3. The SMILES string of the molecule is CC(C)C(=O)Nc1nc(CC(=O)NCCc2ccc(N)cc2)cs1.Cl.Cl. The molecule has 0 spiro atoms. The normalized spacial score (nSPS) is 9.81. The standard InChI is InChI=1S/C17H22N4O2S.2ClH/c1-11(2)16(23)21-17-20-14(10-24-17)9-15(22)19-8-7-12-3-5-13(18)6-4-12;;/h3-6,10-11H,7-9,18H2,1-2H3,(H,19,22)(H,20,21,23);2*1H. The number of benzene rings is 1. The van der Waals surface area contributed by atoms with Crippen molar-refractivity contribution in [3.8, 4) is 0 Å². The molecule has 4 N–H and O–H groups in total. The first-order valence-corrected chi connectivity index (χ1v) is 8.68. The molecule has 26 heavy (non-hydrogen) atoms. The largest absolute Gasteiger partial charge is 0.399 e. The van der Waals surface area contributed by atoms with Gasteiger partial charge in [-0.15, -0.1) is 36.2 Å². The number of aromatic nitrogens is 1. The fourth-order valence-corrected chi connectivity index (χ4v) is 2.67. The van der Waals surface area contributed by atoms with E-state index in [0.717, 1.165) is 17.7 Å². The van der Waals surface area contributed by atoms with Crippen LogP contribution in [-0.2, 0) is 22.4 Å². The third-order valence-corrected chi connectivity index (χ3v) is 4.17. The third kappa shape index (κ3) is 8.03. The van der Waals surface area contributed by atoms with E-state index in [4.69, 9.17) is 5.73 Å². The molecule has 2 rings (SSSR count). The van der Waals surface area contributed by atoms with Crippen LogP contribution < -0.4 is 16.4 Å². The maximum Gasteiger partial charge on any atom is 0.228 e. The fraction of sp³-hybridized carbons (Fsp3) is 0.353. The molecular weight excluding hydrogens is 395 g/mol. The Labute approximate surface area is 169 Å². The van der Waals surface area contributed by atoms with Gasteiger partial charge in [-0.25, -0.2) is 4.98 Å². The van der Waals surface area contributed by atoms with Crippen molar-refractivity contribution >= 4 is 58.8 Å². The number of nitrogen functional groups attached to an aromatic ring is 1. The number of carbonyl (C=O) groups excluding carboxylic acids is 2. The van der Waals surface area contributed by atoms with Crippen LogP contribution in [0.3, 0.4) is 0 Å². The van der Waals surface area contributed by atoms with Crippen LogP contribution in [0.1, 0.15) is 25.1 Å². The molecule has 1 heterocycles. The smallest absolute Gasteiger partial charge is 0.228 e. The molecule has 0 aliphatic rings. The number of halogens is 2. The molecule has 0 fully saturated rings. The lowest BCUT2D eigenvalue weighted by Crippen LogP contribution is -2.27. The van der Waals surface area contributed by atoms with Crippen LogP contribution in [-0.4, -0.2) is 23.3 Å². The van der Waals surface area contributed by atoms with Gasteiger partial charge >= 0.3 is 0 Å². The number of nitrogens with zero attached hydrogens (tertiary/aromatic N) is 1. The van der Waals surface area contributed by atoms with E-state index in [9.17, 15) is 9.59 Å². The van der Waals surface area contributed by atoms with E-state index in [1.54, 1.807) is 5.38 Å². The average Bonchev–Trinajstić information content (AvgIpc) is 2.96. The van der Waals surface area contributed by atoms with Crippen LogP contribution >= 0.6 is 36.2 Å². The number of nitrogens with two attached hydrogens (primary N) is 1. The highest BCUT2D eigenvalue weighted by Gasteiger charge is 2.11. The molecule has 0 radical (unpaired) electrons. The predicted molar refractivity (Wildman–Crippen MR) is 111 cm³/mol. The number of hydrogen-bond acceptors (Lipinski definition) is 5. The molecule has 144 valence electrons. The van der Waals surface area contributed by atoms with Crippen LogP contribution in [0, 0.1) is 5.92 Å². The zero-order valence-electron chi connectivity index (χ0n) is 14.7. The molecule has 0 saturated heterocycles. The molecule has 2 amide bonds. The molecule has 0 aliphatic heterocycles. The van der Waals surface area contributed by atoms with Gasteiger partial charge in [-0.1, -0.05) is 26.0 Å². The minimum atomic E-state index is -0.103. The second kappa shape index (κ2) is 11.7. The number of nitrogens with one attached hydrogen (secondary N) is 2. The molecule has 1 aromatic carbocycles. The van der Waals surface area contributed by atoms with Gasteiger partial charge in [-0.3, -0.25) is 9.59 Å². The highest BCUT2D eigenvalue weighted by atomic mass is 35.5. The van der Waals surface area contributed by atoms with Crippen LogP contribution in [0.5, 0.6) is 0 Å². The summed E-state index contributed by atoms with van der Waals surface area (Å²) in [5.41, 5.74) is 8.14. The van der Waals surface area contributed by atoms with E-state index in [1.165, 1.54) is 11.3 Å². The minimum Gasteiger partial charge on any atom is -0.399 e. The molecular formula is C17H24Cl2N4O2S. The van der Waals surface area contributed by atoms with Gasteiger partial charge < -0.3 is 16.4 Å². The van der Waals surface area contributed by atoms with Crippen LogP contribution in [0.2, 0.25) is 0 Å². The van der Waals surface area contributed by atoms with Gasteiger partial charge in [0.25, 0.3) is 0 Å². The Morgan fingerprint density at radius 2 is 1.85 bits per heavy atom. The van der Waals surface area contributed by atoms with Gasteiger partial charge in [-0.05, 0) is 24.1 Å². The van der Waals surface area contributed by atoms with Gasteiger partial charge in [0.1, 0.15) is 0 Å². The Balaban J connectivity index is 0.00000312. The Hall–Kier alpha value is -1.83. The molecule has 0 saturated carbocycles. The lowest BCUT2D eigenvalue weighted by atomic mass is 10.1. The van der Waals surface area contributed by atoms with Gasteiger partial charge in [0.2, 0.25) is 11.8 Å². The summed E-state index contributed by atoms with van der Waals surface area (Å²) < 4.78 is 0. The molecule has 1 aromatic heterocycles. The van der Waals surface area contributed by atoms with Gasteiger partial charge in [0, 0.05) is 23.5 Å². The summed E-state index contributed by atoms with van der Waals surface area (Å²) >= 11 is 1.32. The van der Waals surface area contributed by atoms with E-state index in [0.29, 0.717) is 17.4 Å². The van der Waals surface area contributed by atoms with Crippen molar-refractivity contribution in [1.29, 1.82) is 0 Å². The summed E-state index contributed by atoms with van der Waals surface area (Å²) in [6, 6.07) is 7.59. The van der Waals surface area contributed by atoms with E-state index >= 15 is 0 Å². The lowest BCUT2D eigenvalue weighted by molar-refractivity contribution is -0.120. The maximum atomic E-state index is 11.9. The average molecular weight is 419 g/mol. The highest BCUT2D eigenvalue weighted by molar-refractivity contribution is 7.13. The highest BCUT2D eigenvalue weighted by Crippen LogP contribution is 2.16. The summed E-state index contributed by atoms with van der Waals surface area (Å²) in [5.74, 6) is -0.268. The molecule has 0 bridgehead atoms. The minimum absolute atomic E-state index is 0.